The molecule has 1 aliphatic rings. The first-order valence-electron chi connectivity index (χ1n) is 15.8. The summed E-state index contributed by atoms with van der Waals surface area (Å²) >= 11 is 0. The summed E-state index contributed by atoms with van der Waals surface area (Å²) in [6, 6.07) is 51.4. The Hall–Kier alpha value is -5.74. The summed E-state index contributed by atoms with van der Waals surface area (Å²) in [5.41, 5.74) is 10.4. The second kappa shape index (κ2) is 11.3. The minimum absolute atomic E-state index is 0.264. The molecule has 0 aromatic heterocycles. The zero-order chi connectivity index (χ0) is 32.1. The van der Waals surface area contributed by atoms with Gasteiger partial charge in [0.05, 0.1) is 5.69 Å². The first kappa shape index (κ1) is 28.7. The second-order valence-electron chi connectivity index (χ2n) is 12.5. The fraction of sp³-hybridized carbons (Fsp3) is 0.0698. The van der Waals surface area contributed by atoms with Crippen LogP contribution in [0.15, 0.2) is 158 Å². The van der Waals surface area contributed by atoms with Gasteiger partial charge in [0.1, 0.15) is 11.6 Å². The third-order valence-corrected chi connectivity index (χ3v) is 9.34. The van der Waals surface area contributed by atoms with Crippen LogP contribution in [-0.4, -0.2) is 0 Å². The minimum Gasteiger partial charge on any atom is -0.310 e. The number of hydrogen-bond donors (Lipinski definition) is 0. The van der Waals surface area contributed by atoms with Gasteiger partial charge >= 0.3 is 0 Å². The molecule has 47 heavy (non-hydrogen) atoms. The highest BCUT2D eigenvalue weighted by molar-refractivity contribution is 6.10. The third kappa shape index (κ3) is 4.85. The Morgan fingerprint density at radius 1 is 0.426 bits per heavy atom. The molecule has 228 valence electrons. The van der Waals surface area contributed by atoms with Crippen molar-refractivity contribution in [2.24, 2.45) is 0 Å². The van der Waals surface area contributed by atoms with Crippen molar-refractivity contribution in [1.29, 1.82) is 0 Å². The van der Waals surface area contributed by atoms with Crippen molar-refractivity contribution in [3.8, 4) is 11.1 Å². The molecule has 0 aliphatic heterocycles. The van der Waals surface area contributed by atoms with E-state index in [1.54, 1.807) is 0 Å². The van der Waals surface area contributed by atoms with Crippen LogP contribution < -0.4 is 9.80 Å². The van der Waals surface area contributed by atoms with E-state index in [0.29, 0.717) is 0 Å². The minimum atomic E-state index is -0.338. The molecule has 0 spiro atoms. The zero-order valence-electron chi connectivity index (χ0n) is 26.2. The van der Waals surface area contributed by atoms with Crippen LogP contribution in [0.25, 0.3) is 21.9 Å². The molecule has 4 heteroatoms. The van der Waals surface area contributed by atoms with E-state index in [1.165, 1.54) is 51.9 Å². The van der Waals surface area contributed by atoms with Crippen LogP contribution in [0.1, 0.15) is 25.0 Å². The molecule has 0 saturated heterocycles. The number of nitrogens with zero attached hydrogens (tertiary/aromatic N) is 2. The molecule has 0 heterocycles. The highest BCUT2D eigenvalue weighted by Crippen LogP contribution is 2.55. The lowest BCUT2D eigenvalue weighted by molar-refractivity contribution is 0.627. The highest BCUT2D eigenvalue weighted by atomic mass is 19.1. The number of anilines is 6. The van der Waals surface area contributed by atoms with Crippen LogP contribution in [0, 0.1) is 11.6 Å². The predicted octanol–water partition coefficient (Wildman–Crippen LogP) is 12.4. The summed E-state index contributed by atoms with van der Waals surface area (Å²) in [7, 11) is 0. The fourth-order valence-corrected chi connectivity index (χ4v) is 7.08. The van der Waals surface area contributed by atoms with Gasteiger partial charge in [-0.1, -0.05) is 80.6 Å². The van der Waals surface area contributed by atoms with Gasteiger partial charge in [0.2, 0.25) is 0 Å². The number of para-hydroxylation sites is 2. The van der Waals surface area contributed by atoms with E-state index in [2.05, 4.69) is 96.4 Å². The standard InChI is InChI=1S/C43H32F2N2/c1-43(2)39-27-35(46(31-11-5-3-6-12-31)33-21-17-29(44)18-22-33)25-26-38(39)42-37-16-10-9-15-36(37)41(28-40(42)43)47(32-13-7-4-8-14-32)34-23-19-30(45)20-24-34/h3-28H,1-2H3. The van der Waals surface area contributed by atoms with Crippen molar-refractivity contribution in [2.75, 3.05) is 9.80 Å². The van der Waals surface area contributed by atoms with Gasteiger partial charge in [-0.2, -0.15) is 0 Å². The molecule has 0 amide bonds. The molecule has 0 atom stereocenters. The second-order valence-corrected chi connectivity index (χ2v) is 12.5. The first-order chi connectivity index (χ1) is 22.9. The smallest absolute Gasteiger partial charge is 0.123 e. The lowest BCUT2D eigenvalue weighted by Crippen LogP contribution is -2.18. The van der Waals surface area contributed by atoms with Crippen molar-refractivity contribution in [3.63, 3.8) is 0 Å². The Morgan fingerprint density at radius 3 is 1.49 bits per heavy atom. The highest BCUT2D eigenvalue weighted by Gasteiger charge is 2.38. The van der Waals surface area contributed by atoms with Crippen LogP contribution in [0.5, 0.6) is 0 Å². The van der Waals surface area contributed by atoms with Crippen LogP contribution in [0.4, 0.5) is 42.9 Å². The lowest BCUT2D eigenvalue weighted by Gasteiger charge is -2.30. The van der Waals surface area contributed by atoms with Crippen LogP contribution in [0.2, 0.25) is 0 Å². The maximum absolute atomic E-state index is 14.1. The molecule has 0 radical (unpaired) electrons. The zero-order valence-corrected chi connectivity index (χ0v) is 26.2. The van der Waals surface area contributed by atoms with Gasteiger partial charge in [-0.25, -0.2) is 8.78 Å². The summed E-state index contributed by atoms with van der Waals surface area (Å²) in [5.74, 6) is -0.529. The quantitative estimate of drug-likeness (QED) is 0.184. The van der Waals surface area contributed by atoms with Gasteiger partial charge in [-0.3, -0.25) is 0 Å². The average Bonchev–Trinajstić information content (AvgIpc) is 3.33. The van der Waals surface area contributed by atoms with Crippen LogP contribution >= 0.6 is 0 Å². The molecule has 0 bridgehead atoms. The van der Waals surface area contributed by atoms with Crippen LogP contribution in [-0.2, 0) is 5.41 Å². The molecule has 7 aromatic rings. The number of benzene rings is 7. The Kier molecular flexibility index (Phi) is 6.87. The third-order valence-electron chi connectivity index (χ3n) is 9.34. The maximum Gasteiger partial charge on any atom is 0.123 e. The largest absolute Gasteiger partial charge is 0.310 e. The predicted molar refractivity (Wildman–Crippen MR) is 191 cm³/mol. The molecule has 0 unspecified atom stereocenters. The molecular weight excluding hydrogens is 582 g/mol. The molecule has 7 aromatic carbocycles. The lowest BCUT2D eigenvalue weighted by atomic mass is 9.81. The number of fused-ring (bicyclic) bond motifs is 5. The van der Waals surface area contributed by atoms with E-state index < -0.39 is 0 Å². The summed E-state index contributed by atoms with van der Waals surface area (Å²) in [6.07, 6.45) is 0. The normalized spacial score (nSPS) is 12.9. The van der Waals surface area contributed by atoms with Crippen LogP contribution in [0.3, 0.4) is 0 Å². The number of rotatable bonds is 6. The van der Waals surface area contributed by atoms with Gasteiger partial charge < -0.3 is 9.80 Å². The molecule has 0 fully saturated rings. The van der Waals surface area contributed by atoms with Gasteiger partial charge in [0.25, 0.3) is 0 Å². The Labute approximate surface area is 273 Å². The molecule has 0 N–H and O–H groups in total. The topological polar surface area (TPSA) is 6.48 Å². The Bertz CT molecular complexity index is 2230. The van der Waals surface area contributed by atoms with Gasteiger partial charge in [0.15, 0.2) is 0 Å². The summed E-state index contributed by atoms with van der Waals surface area (Å²) in [4.78, 5) is 4.40. The fourth-order valence-electron chi connectivity index (χ4n) is 7.08. The van der Waals surface area contributed by atoms with Gasteiger partial charge in [0, 0.05) is 39.2 Å². The van der Waals surface area contributed by atoms with E-state index in [0.717, 1.165) is 39.5 Å². The van der Waals surface area contributed by atoms with Gasteiger partial charge in [-0.15, -0.1) is 0 Å². The average molecular weight is 615 g/mol. The Balaban J connectivity index is 1.34. The van der Waals surface area contributed by atoms with Crippen molar-refractivity contribution < 1.29 is 8.78 Å². The van der Waals surface area contributed by atoms with Crippen molar-refractivity contribution in [3.05, 3.63) is 180 Å². The van der Waals surface area contributed by atoms with E-state index in [-0.39, 0.29) is 17.0 Å². The van der Waals surface area contributed by atoms with E-state index in [9.17, 15) is 8.78 Å². The molecule has 1 aliphatic carbocycles. The molecule has 2 nitrogen and oxygen atoms in total. The van der Waals surface area contributed by atoms with Crippen molar-refractivity contribution >= 4 is 44.9 Å². The monoisotopic (exact) mass is 614 g/mol. The summed E-state index contributed by atoms with van der Waals surface area (Å²) < 4.78 is 28.1. The maximum atomic E-state index is 14.1. The van der Waals surface area contributed by atoms with E-state index >= 15 is 0 Å². The van der Waals surface area contributed by atoms with Gasteiger partial charge in [-0.05, 0) is 119 Å². The SMILES string of the molecule is CC1(C)c2cc(N(c3ccccc3)c3ccc(F)cc3)ccc2-c2c1cc(N(c1ccccc1)c1ccc(F)cc1)c1ccccc21. The van der Waals surface area contributed by atoms with Crippen molar-refractivity contribution in [1.82, 2.24) is 0 Å². The Morgan fingerprint density at radius 2 is 0.894 bits per heavy atom. The van der Waals surface area contributed by atoms with Crippen molar-refractivity contribution in [2.45, 2.75) is 19.3 Å². The number of hydrogen-bond acceptors (Lipinski definition) is 2. The molecule has 0 saturated carbocycles. The molecule has 8 rings (SSSR count). The molecular formula is C43H32F2N2. The summed E-state index contributed by atoms with van der Waals surface area (Å²) in [5, 5.41) is 2.28. The first-order valence-corrected chi connectivity index (χ1v) is 15.8. The van der Waals surface area contributed by atoms with E-state index in [1.807, 2.05) is 60.7 Å². The number of halogens is 2. The summed E-state index contributed by atoms with van der Waals surface area (Å²) in [6.45, 7) is 4.57. The van der Waals surface area contributed by atoms with E-state index in [4.69, 9.17) is 0 Å².